The second-order valence-electron chi connectivity index (χ2n) is 3.90. The predicted octanol–water partition coefficient (Wildman–Crippen LogP) is 0.847. The Balaban J connectivity index is 2.11. The molecular formula is C12H18N2O. The molecule has 0 radical (unpaired) electrons. The fourth-order valence-electron chi connectivity index (χ4n) is 2.13. The van der Waals surface area contributed by atoms with Crippen molar-refractivity contribution in [3.8, 4) is 0 Å². The molecule has 1 heterocycles. The van der Waals surface area contributed by atoms with E-state index in [9.17, 15) is 0 Å². The van der Waals surface area contributed by atoms with Gasteiger partial charge in [-0.05, 0) is 18.6 Å². The van der Waals surface area contributed by atoms with Crippen molar-refractivity contribution in [2.75, 3.05) is 31.1 Å². The van der Waals surface area contributed by atoms with Crippen molar-refractivity contribution in [1.29, 1.82) is 0 Å². The Kier molecular flexibility index (Phi) is 3.59. The lowest BCUT2D eigenvalue weighted by Gasteiger charge is -2.37. The molecule has 15 heavy (non-hydrogen) atoms. The van der Waals surface area contributed by atoms with Crippen molar-refractivity contribution in [2.24, 2.45) is 0 Å². The number of benzene rings is 1. The monoisotopic (exact) mass is 206 g/mol. The van der Waals surface area contributed by atoms with Gasteiger partial charge in [0.1, 0.15) is 0 Å². The van der Waals surface area contributed by atoms with Crippen LogP contribution in [0, 0.1) is 0 Å². The molecule has 0 amide bonds. The summed E-state index contributed by atoms with van der Waals surface area (Å²) in [6.07, 6.45) is 0.835. The van der Waals surface area contributed by atoms with Crippen molar-refractivity contribution in [3.05, 3.63) is 30.3 Å². The molecule has 1 fully saturated rings. The number of aliphatic hydroxyl groups excluding tert-OH is 1. The summed E-state index contributed by atoms with van der Waals surface area (Å²) < 4.78 is 0. The highest BCUT2D eigenvalue weighted by Crippen LogP contribution is 2.18. The Morgan fingerprint density at radius 1 is 1.33 bits per heavy atom. The standard InChI is InChI=1S/C12H18N2O/c15-9-6-12-10-13-7-8-14(12)11-4-2-1-3-5-11/h1-5,12-13,15H,6-10H2. The molecule has 1 atom stereocenters. The molecular weight excluding hydrogens is 188 g/mol. The van der Waals surface area contributed by atoms with Crippen LogP contribution in [0.2, 0.25) is 0 Å². The van der Waals surface area contributed by atoms with E-state index in [1.54, 1.807) is 0 Å². The van der Waals surface area contributed by atoms with Gasteiger partial charge < -0.3 is 15.3 Å². The Morgan fingerprint density at radius 2 is 2.13 bits per heavy atom. The first-order valence-electron chi connectivity index (χ1n) is 5.55. The van der Waals surface area contributed by atoms with E-state index in [0.717, 1.165) is 26.1 Å². The van der Waals surface area contributed by atoms with Gasteiger partial charge >= 0.3 is 0 Å². The zero-order valence-electron chi connectivity index (χ0n) is 8.89. The van der Waals surface area contributed by atoms with Crippen molar-refractivity contribution >= 4 is 5.69 Å². The third kappa shape index (κ3) is 2.49. The first-order chi connectivity index (χ1) is 7.42. The normalized spacial score (nSPS) is 21.7. The van der Waals surface area contributed by atoms with Gasteiger partial charge in [-0.3, -0.25) is 0 Å². The maximum Gasteiger partial charge on any atom is 0.0451 e. The number of aliphatic hydroxyl groups is 1. The lowest BCUT2D eigenvalue weighted by atomic mass is 10.1. The molecule has 0 aliphatic carbocycles. The first kappa shape index (κ1) is 10.5. The van der Waals surface area contributed by atoms with Gasteiger partial charge in [0.25, 0.3) is 0 Å². The molecule has 1 aliphatic rings. The van der Waals surface area contributed by atoms with Crippen LogP contribution in [0.3, 0.4) is 0 Å². The second-order valence-corrected chi connectivity index (χ2v) is 3.90. The Morgan fingerprint density at radius 3 is 2.87 bits per heavy atom. The summed E-state index contributed by atoms with van der Waals surface area (Å²) in [7, 11) is 0. The second kappa shape index (κ2) is 5.14. The van der Waals surface area contributed by atoms with E-state index < -0.39 is 0 Å². The topological polar surface area (TPSA) is 35.5 Å². The lowest BCUT2D eigenvalue weighted by molar-refractivity contribution is 0.266. The minimum atomic E-state index is 0.260. The molecule has 3 nitrogen and oxygen atoms in total. The minimum absolute atomic E-state index is 0.260. The fourth-order valence-corrected chi connectivity index (χ4v) is 2.13. The van der Waals surface area contributed by atoms with Gasteiger partial charge in [0.2, 0.25) is 0 Å². The van der Waals surface area contributed by atoms with Gasteiger partial charge in [0.05, 0.1) is 0 Å². The van der Waals surface area contributed by atoms with Crippen LogP contribution in [0.4, 0.5) is 5.69 Å². The number of nitrogens with one attached hydrogen (secondary N) is 1. The highest BCUT2D eigenvalue weighted by molar-refractivity contribution is 5.47. The number of nitrogens with zero attached hydrogens (tertiary/aromatic N) is 1. The van der Waals surface area contributed by atoms with E-state index in [0.29, 0.717) is 6.04 Å². The van der Waals surface area contributed by atoms with Gasteiger partial charge in [0, 0.05) is 38.0 Å². The van der Waals surface area contributed by atoms with E-state index in [1.165, 1.54) is 5.69 Å². The van der Waals surface area contributed by atoms with Gasteiger partial charge in [0.15, 0.2) is 0 Å². The number of anilines is 1. The van der Waals surface area contributed by atoms with Crippen LogP contribution >= 0.6 is 0 Å². The van der Waals surface area contributed by atoms with Gasteiger partial charge in [-0.25, -0.2) is 0 Å². The minimum Gasteiger partial charge on any atom is -0.396 e. The van der Waals surface area contributed by atoms with Crippen LogP contribution in [0.5, 0.6) is 0 Å². The van der Waals surface area contributed by atoms with Crippen molar-refractivity contribution in [3.63, 3.8) is 0 Å². The van der Waals surface area contributed by atoms with Crippen LogP contribution in [0.25, 0.3) is 0 Å². The molecule has 1 aliphatic heterocycles. The number of hydrogen-bond acceptors (Lipinski definition) is 3. The van der Waals surface area contributed by atoms with Crippen LogP contribution in [0.1, 0.15) is 6.42 Å². The van der Waals surface area contributed by atoms with Crippen LogP contribution in [0.15, 0.2) is 30.3 Å². The molecule has 0 bridgehead atoms. The molecule has 0 saturated carbocycles. The molecule has 1 aromatic rings. The maximum atomic E-state index is 9.03. The number of piperazine rings is 1. The van der Waals surface area contributed by atoms with Crippen molar-refractivity contribution in [2.45, 2.75) is 12.5 Å². The van der Waals surface area contributed by atoms with E-state index in [1.807, 2.05) is 6.07 Å². The van der Waals surface area contributed by atoms with Gasteiger partial charge in [-0.15, -0.1) is 0 Å². The lowest BCUT2D eigenvalue weighted by Crippen LogP contribution is -2.51. The van der Waals surface area contributed by atoms with Crippen LogP contribution < -0.4 is 10.2 Å². The van der Waals surface area contributed by atoms with E-state index >= 15 is 0 Å². The summed E-state index contributed by atoms with van der Waals surface area (Å²) in [6, 6.07) is 10.9. The number of hydrogen-bond donors (Lipinski definition) is 2. The molecule has 0 aromatic heterocycles. The molecule has 1 unspecified atom stereocenters. The SMILES string of the molecule is OCCC1CNCCN1c1ccccc1. The number of rotatable bonds is 3. The molecule has 0 spiro atoms. The van der Waals surface area contributed by atoms with E-state index in [-0.39, 0.29) is 6.61 Å². The summed E-state index contributed by atoms with van der Waals surface area (Å²) in [4.78, 5) is 2.38. The predicted molar refractivity (Wildman–Crippen MR) is 62.1 cm³/mol. The molecule has 2 rings (SSSR count). The highest BCUT2D eigenvalue weighted by Gasteiger charge is 2.21. The summed E-state index contributed by atoms with van der Waals surface area (Å²) >= 11 is 0. The zero-order valence-corrected chi connectivity index (χ0v) is 8.89. The quantitative estimate of drug-likeness (QED) is 0.769. The highest BCUT2D eigenvalue weighted by atomic mass is 16.3. The van der Waals surface area contributed by atoms with Gasteiger partial charge in [-0.2, -0.15) is 0 Å². The molecule has 2 N–H and O–H groups in total. The number of para-hydroxylation sites is 1. The molecule has 82 valence electrons. The average molecular weight is 206 g/mol. The fraction of sp³-hybridized carbons (Fsp3) is 0.500. The third-order valence-electron chi connectivity index (χ3n) is 2.90. The smallest absolute Gasteiger partial charge is 0.0451 e. The van der Waals surface area contributed by atoms with Crippen molar-refractivity contribution < 1.29 is 5.11 Å². The van der Waals surface area contributed by atoms with Gasteiger partial charge in [-0.1, -0.05) is 18.2 Å². The van der Waals surface area contributed by atoms with E-state index in [4.69, 9.17) is 5.11 Å². The third-order valence-corrected chi connectivity index (χ3v) is 2.90. The molecule has 1 saturated heterocycles. The van der Waals surface area contributed by atoms with Crippen LogP contribution in [-0.2, 0) is 0 Å². The summed E-state index contributed by atoms with van der Waals surface area (Å²) in [6.45, 7) is 3.27. The van der Waals surface area contributed by atoms with Crippen molar-refractivity contribution in [1.82, 2.24) is 5.32 Å². The van der Waals surface area contributed by atoms with E-state index in [2.05, 4.69) is 34.5 Å². The Labute approximate surface area is 90.7 Å². The molecule has 1 aromatic carbocycles. The first-order valence-corrected chi connectivity index (χ1v) is 5.55. The summed E-state index contributed by atoms with van der Waals surface area (Å²) in [5, 5.41) is 12.4. The Bertz CT molecular complexity index is 287. The molecule has 3 heteroatoms. The Hall–Kier alpha value is -1.06. The average Bonchev–Trinajstić information content (AvgIpc) is 2.31. The summed E-state index contributed by atoms with van der Waals surface area (Å²) in [5.74, 6) is 0. The summed E-state index contributed by atoms with van der Waals surface area (Å²) in [5.41, 5.74) is 1.26. The largest absolute Gasteiger partial charge is 0.396 e. The maximum absolute atomic E-state index is 9.03. The van der Waals surface area contributed by atoms with Crippen LogP contribution in [-0.4, -0.2) is 37.4 Å². The zero-order chi connectivity index (χ0) is 10.5.